The number of carbonyl (C=O) groups excluding carboxylic acids is 2. The molecule has 1 saturated carbocycles. The van der Waals surface area contributed by atoms with E-state index in [4.69, 9.17) is 4.74 Å². The molecule has 28 heavy (non-hydrogen) atoms. The molecule has 3 fully saturated rings. The second kappa shape index (κ2) is 8.57. The maximum absolute atomic E-state index is 12.6. The molecule has 0 spiro atoms. The Morgan fingerprint density at radius 1 is 1.11 bits per heavy atom. The SMILES string of the molecule is CC(C)(C)NC(=O)CN1CCC(CNC(=O)N2CCOC(C)(C3CC3)C2)CC1. The topological polar surface area (TPSA) is 73.9 Å². The van der Waals surface area contributed by atoms with Gasteiger partial charge in [0.05, 0.1) is 25.3 Å². The Bertz CT molecular complexity index is 564. The van der Waals surface area contributed by atoms with Crippen molar-refractivity contribution >= 4 is 11.9 Å². The number of hydrogen-bond acceptors (Lipinski definition) is 4. The average molecular weight is 395 g/mol. The number of hydrogen-bond donors (Lipinski definition) is 2. The lowest BCUT2D eigenvalue weighted by Gasteiger charge is -2.41. The van der Waals surface area contributed by atoms with E-state index in [1.807, 2.05) is 25.7 Å². The first-order valence-electron chi connectivity index (χ1n) is 10.8. The van der Waals surface area contributed by atoms with E-state index in [0.29, 0.717) is 38.1 Å². The first kappa shape index (κ1) is 21.4. The largest absolute Gasteiger partial charge is 0.371 e. The molecule has 3 aliphatic rings. The summed E-state index contributed by atoms with van der Waals surface area (Å²) in [5, 5.41) is 6.16. The Morgan fingerprint density at radius 3 is 2.39 bits per heavy atom. The lowest BCUT2D eigenvalue weighted by Crippen LogP contribution is -2.56. The van der Waals surface area contributed by atoms with Crippen molar-refractivity contribution in [1.29, 1.82) is 0 Å². The third kappa shape index (κ3) is 6.08. The van der Waals surface area contributed by atoms with Crippen LogP contribution in [0.25, 0.3) is 0 Å². The van der Waals surface area contributed by atoms with Crippen molar-refractivity contribution in [2.45, 2.75) is 64.5 Å². The van der Waals surface area contributed by atoms with Crippen molar-refractivity contribution < 1.29 is 14.3 Å². The predicted molar refractivity (Wildman–Crippen MR) is 109 cm³/mol. The van der Waals surface area contributed by atoms with Crippen molar-refractivity contribution in [2.75, 3.05) is 45.9 Å². The van der Waals surface area contributed by atoms with Gasteiger partial charge in [0.25, 0.3) is 0 Å². The van der Waals surface area contributed by atoms with Crippen LogP contribution >= 0.6 is 0 Å². The van der Waals surface area contributed by atoms with Crippen LogP contribution in [0.15, 0.2) is 0 Å². The summed E-state index contributed by atoms with van der Waals surface area (Å²) in [5.41, 5.74) is -0.344. The fourth-order valence-corrected chi connectivity index (χ4v) is 4.36. The third-order valence-corrected chi connectivity index (χ3v) is 6.16. The van der Waals surface area contributed by atoms with Gasteiger partial charge in [0.15, 0.2) is 0 Å². The first-order valence-corrected chi connectivity index (χ1v) is 10.8. The highest BCUT2D eigenvalue weighted by Crippen LogP contribution is 2.43. The van der Waals surface area contributed by atoms with Crippen molar-refractivity contribution in [3.63, 3.8) is 0 Å². The highest BCUT2D eigenvalue weighted by atomic mass is 16.5. The van der Waals surface area contributed by atoms with E-state index in [-0.39, 0.29) is 23.1 Å². The average Bonchev–Trinajstić information content (AvgIpc) is 3.45. The molecular weight excluding hydrogens is 356 g/mol. The molecule has 2 heterocycles. The quantitative estimate of drug-likeness (QED) is 0.746. The number of nitrogens with one attached hydrogen (secondary N) is 2. The Balaban J connectivity index is 1.35. The highest BCUT2D eigenvalue weighted by molar-refractivity contribution is 5.78. The second-order valence-electron chi connectivity index (χ2n) is 10.1. The number of urea groups is 1. The molecule has 0 radical (unpaired) electrons. The molecule has 2 aliphatic heterocycles. The molecule has 0 bridgehead atoms. The summed E-state index contributed by atoms with van der Waals surface area (Å²) in [6, 6.07) is 0.0437. The minimum Gasteiger partial charge on any atom is -0.371 e. The van der Waals surface area contributed by atoms with Crippen LogP contribution in [0.4, 0.5) is 4.79 Å². The van der Waals surface area contributed by atoms with Crippen LogP contribution in [0.2, 0.25) is 0 Å². The van der Waals surface area contributed by atoms with E-state index >= 15 is 0 Å². The van der Waals surface area contributed by atoms with E-state index in [9.17, 15) is 9.59 Å². The molecule has 3 rings (SSSR count). The molecule has 7 heteroatoms. The van der Waals surface area contributed by atoms with E-state index < -0.39 is 0 Å². The molecule has 3 amide bonds. The molecule has 0 aromatic rings. The van der Waals surface area contributed by atoms with Gasteiger partial charge in [0.1, 0.15) is 0 Å². The summed E-state index contributed by atoms with van der Waals surface area (Å²) < 4.78 is 5.98. The first-order chi connectivity index (χ1) is 13.1. The van der Waals surface area contributed by atoms with Crippen LogP contribution in [0.1, 0.15) is 53.4 Å². The number of carbonyl (C=O) groups is 2. The van der Waals surface area contributed by atoms with Gasteiger partial charge >= 0.3 is 6.03 Å². The zero-order valence-corrected chi connectivity index (χ0v) is 18.1. The Morgan fingerprint density at radius 2 is 1.79 bits per heavy atom. The number of morpholine rings is 1. The summed E-state index contributed by atoms with van der Waals surface area (Å²) in [4.78, 5) is 28.8. The van der Waals surface area contributed by atoms with E-state index in [2.05, 4.69) is 22.5 Å². The molecular formula is C21H38N4O3. The van der Waals surface area contributed by atoms with Gasteiger partial charge in [0.2, 0.25) is 5.91 Å². The van der Waals surface area contributed by atoms with Crippen molar-refractivity contribution in [2.24, 2.45) is 11.8 Å². The van der Waals surface area contributed by atoms with Crippen LogP contribution in [-0.2, 0) is 9.53 Å². The maximum Gasteiger partial charge on any atom is 0.317 e. The fraction of sp³-hybridized carbons (Fsp3) is 0.905. The van der Waals surface area contributed by atoms with Gasteiger partial charge in [-0.2, -0.15) is 0 Å². The Kier molecular flexibility index (Phi) is 6.54. The molecule has 2 saturated heterocycles. The standard InChI is InChI=1S/C21H38N4O3/c1-20(2,3)23-18(26)14-24-9-7-16(8-10-24)13-22-19(27)25-11-12-28-21(4,15-25)17-5-6-17/h16-17H,5-15H2,1-4H3,(H,22,27)(H,23,26). The lowest BCUT2D eigenvalue weighted by atomic mass is 9.96. The molecule has 7 nitrogen and oxygen atoms in total. The van der Waals surface area contributed by atoms with Crippen molar-refractivity contribution in [3.05, 3.63) is 0 Å². The van der Waals surface area contributed by atoms with Gasteiger partial charge in [-0.1, -0.05) is 0 Å². The fourth-order valence-electron chi connectivity index (χ4n) is 4.36. The maximum atomic E-state index is 12.6. The summed E-state index contributed by atoms with van der Waals surface area (Å²) in [6.45, 7) is 13.2. The van der Waals surface area contributed by atoms with E-state index in [1.54, 1.807) is 0 Å². The van der Waals surface area contributed by atoms with Gasteiger partial charge in [0, 0.05) is 18.6 Å². The van der Waals surface area contributed by atoms with Gasteiger partial charge in [-0.25, -0.2) is 4.79 Å². The third-order valence-electron chi connectivity index (χ3n) is 6.16. The van der Waals surface area contributed by atoms with Crippen LogP contribution < -0.4 is 10.6 Å². The molecule has 160 valence electrons. The van der Waals surface area contributed by atoms with Crippen molar-refractivity contribution in [3.8, 4) is 0 Å². The minimum atomic E-state index is -0.186. The molecule has 0 aromatic carbocycles. The number of nitrogens with zero attached hydrogens (tertiary/aromatic N) is 2. The van der Waals surface area contributed by atoms with Crippen molar-refractivity contribution in [1.82, 2.24) is 20.4 Å². The molecule has 1 unspecified atom stereocenters. The monoisotopic (exact) mass is 394 g/mol. The second-order valence-corrected chi connectivity index (χ2v) is 10.1. The molecule has 1 aliphatic carbocycles. The Hall–Kier alpha value is -1.34. The summed E-state index contributed by atoms with van der Waals surface area (Å²) in [7, 11) is 0. The van der Waals surface area contributed by atoms with E-state index in [0.717, 1.165) is 32.5 Å². The Labute approximate surface area is 169 Å². The number of rotatable bonds is 5. The van der Waals surface area contributed by atoms with E-state index in [1.165, 1.54) is 12.8 Å². The lowest BCUT2D eigenvalue weighted by molar-refractivity contribution is -0.124. The molecule has 1 atom stereocenters. The van der Waals surface area contributed by atoms with Crippen LogP contribution in [-0.4, -0.2) is 78.8 Å². The highest BCUT2D eigenvalue weighted by Gasteiger charge is 2.46. The number of likely N-dealkylation sites (tertiary alicyclic amines) is 1. The minimum absolute atomic E-state index is 0.0437. The number of ether oxygens (including phenoxy) is 1. The number of amides is 3. The van der Waals surface area contributed by atoms with Gasteiger partial charge in [-0.15, -0.1) is 0 Å². The normalized spacial score (nSPS) is 27.5. The summed E-state index contributed by atoms with van der Waals surface area (Å²) in [5.74, 6) is 1.19. The smallest absolute Gasteiger partial charge is 0.317 e. The van der Waals surface area contributed by atoms with Crippen LogP contribution in [0.3, 0.4) is 0 Å². The number of piperidine rings is 1. The summed E-state index contributed by atoms with van der Waals surface area (Å²) in [6.07, 6.45) is 4.48. The molecule has 2 N–H and O–H groups in total. The van der Waals surface area contributed by atoms with Gasteiger partial charge in [-0.05, 0) is 78.3 Å². The zero-order valence-electron chi connectivity index (χ0n) is 18.1. The predicted octanol–water partition coefficient (Wildman–Crippen LogP) is 1.82. The van der Waals surface area contributed by atoms with Crippen LogP contribution in [0, 0.1) is 11.8 Å². The zero-order chi connectivity index (χ0) is 20.4. The van der Waals surface area contributed by atoms with Gasteiger partial charge in [-0.3, -0.25) is 9.69 Å². The molecule has 0 aromatic heterocycles. The van der Waals surface area contributed by atoms with Crippen LogP contribution in [0.5, 0.6) is 0 Å². The van der Waals surface area contributed by atoms with Gasteiger partial charge < -0.3 is 20.3 Å². The summed E-state index contributed by atoms with van der Waals surface area (Å²) >= 11 is 0.